The maximum absolute atomic E-state index is 12.5. The van der Waals surface area contributed by atoms with Crippen LogP contribution >= 0.6 is 23.2 Å². The Balaban J connectivity index is 1.85. The van der Waals surface area contributed by atoms with Crippen LogP contribution in [0.3, 0.4) is 0 Å². The number of rotatable bonds is 10. The molecule has 0 radical (unpaired) electrons. The predicted molar refractivity (Wildman–Crippen MR) is 123 cm³/mol. The Labute approximate surface area is 193 Å². The normalized spacial score (nSPS) is 11.4. The van der Waals surface area contributed by atoms with Gasteiger partial charge in [-0.25, -0.2) is 0 Å². The van der Waals surface area contributed by atoms with Crippen molar-refractivity contribution in [2.75, 3.05) is 13.1 Å². The first kappa shape index (κ1) is 25.2. The van der Waals surface area contributed by atoms with Crippen molar-refractivity contribution in [1.82, 2.24) is 30.2 Å². The lowest BCUT2D eigenvalue weighted by atomic mass is 10.2. The molecule has 10 heteroatoms. The summed E-state index contributed by atoms with van der Waals surface area (Å²) in [5.74, 6) is 0.201. The van der Waals surface area contributed by atoms with Gasteiger partial charge in [-0.2, -0.15) is 10.2 Å². The van der Waals surface area contributed by atoms with Crippen molar-refractivity contribution in [3.05, 3.63) is 32.8 Å². The first-order chi connectivity index (χ1) is 14.5. The van der Waals surface area contributed by atoms with Crippen LogP contribution in [0.4, 0.5) is 0 Å². The smallest absolute Gasteiger partial charge is 0.256 e. The maximum atomic E-state index is 12.5. The van der Waals surface area contributed by atoms with Crippen LogP contribution in [0, 0.1) is 25.7 Å². The number of aryl methyl sites for hydroxylation is 2. The maximum Gasteiger partial charge on any atom is 0.256 e. The zero-order chi connectivity index (χ0) is 23.3. The third-order valence-corrected chi connectivity index (χ3v) is 5.35. The molecule has 0 aromatic carbocycles. The van der Waals surface area contributed by atoms with Crippen LogP contribution < -0.4 is 10.6 Å². The van der Waals surface area contributed by atoms with Crippen molar-refractivity contribution < 1.29 is 9.59 Å². The molecule has 0 atom stereocenters. The largest absolute Gasteiger partial charge is 0.352 e. The van der Waals surface area contributed by atoms with Crippen molar-refractivity contribution in [2.45, 2.75) is 61.1 Å². The van der Waals surface area contributed by atoms with E-state index >= 15 is 0 Å². The molecule has 0 saturated carbocycles. The van der Waals surface area contributed by atoms with Gasteiger partial charge in [-0.1, -0.05) is 50.9 Å². The Morgan fingerprint density at radius 2 is 1.16 bits per heavy atom. The van der Waals surface area contributed by atoms with Gasteiger partial charge in [0.2, 0.25) is 0 Å². The third-order valence-electron chi connectivity index (χ3n) is 4.59. The van der Waals surface area contributed by atoms with E-state index in [-0.39, 0.29) is 11.8 Å². The highest BCUT2D eigenvalue weighted by atomic mass is 35.5. The molecule has 0 bridgehead atoms. The number of halogens is 2. The highest BCUT2D eigenvalue weighted by Crippen LogP contribution is 2.22. The number of aromatic nitrogens is 4. The van der Waals surface area contributed by atoms with Crippen molar-refractivity contribution in [2.24, 2.45) is 11.8 Å². The predicted octanol–water partition coefficient (Wildman–Crippen LogP) is 3.87. The summed E-state index contributed by atoms with van der Waals surface area (Å²) >= 11 is 12.7. The van der Waals surface area contributed by atoms with E-state index in [9.17, 15) is 9.59 Å². The van der Waals surface area contributed by atoms with E-state index in [1.54, 1.807) is 23.2 Å². The number of amides is 2. The Bertz CT molecular complexity index is 859. The SMILES string of the molecule is Cc1nn(CC(C)C)c(Cl)c1C(=O)NCCCNC(=O)c1c(C)nn(CC(C)C)c1Cl. The van der Waals surface area contributed by atoms with Crippen molar-refractivity contribution in [3.63, 3.8) is 0 Å². The number of hydrogen-bond acceptors (Lipinski definition) is 4. The fourth-order valence-corrected chi connectivity index (χ4v) is 3.88. The summed E-state index contributed by atoms with van der Waals surface area (Å²) in [7, 11) is 0. The zero-order valence-electron chi connectivity index (χ0n) is 19.1. The van der Waals surface area contributed by atoms with Crippen molar-refractivity contribution in [3.8, 4) is 0 Å². The van der Waals surface area contributed by atoms with E-state index in [1.165, 1.54) is 0 Å². The molecular formula is C21H32Cl2N6O2. The minimum atomic E-state index is -0.266. The molecule has 0 aliphatic rings. The van der Waals surface area contributed by atoms with Gasteiger partial charge in [0.1, 0.15) is 10.3 Å². The Hall–Kier alpha value is -2.06. The van der Waals surface area contributed by atoms with Crippen LogP contribution in [0.25, 0.3) is 0 Å². The van der Waals surface area contributed by atoms with E-state index < -0.39 is 0 Å². The summed E-state index contributed by atoms with van der Waals surface area (Å²) in [6.45, 7) is 13.9. The molecule has 2 amide bonds. The van der Waals surface area contributed by atoms with Crippen LogP contribution in [-0.4, -0.2) is 44.5 Å². The van der Waals surface area contributed by atoms with Gasteiger partial charge in [-0.15, -0.1) is 0 Å². The minimum Gasteiger partial charge on any atom is -0.352 e. The third kappa shape index (κ3) is 6.46. The molecule has 2 aromatic rings. The van der Waals surface area contributed by atoms with Crippen LogP contribution in [0.1, 0.15) is 66.2 Å². The van der Waals surface area contributed by atoms with Gasteiger partial charge in [0, 0.05) is 26.2 Å². The lowest BCUT2D eigenvalue weighted by Crippen LogP contribution is -2.30. The average molecular weight is 471 g/mol. The molecule has 0 aliphatic heterocycles. The van der Waals surface area contributed by atoms with Gasteiger partial charge < -0.3 is 10.6 Å². The fraction of sp³-hybridized carbons (Fsp3) is 0.619. The Kier molecular flexibility index (Phi) is 8.94. The van der Waals surface area contributed by atoms with Gasteiger partial charge in [0.05, 0.1) is 22.5 Å². The summed E-state index contributed by atoms with van der Waals surface area (Å²) in [5, 5.41) is 15.1. The minimum absolute atomic E-state index is 0.266. The number of nitrogens with zero attached hydrogens (tertiary/aromatic N) is 4. The number of nitrogens with one attached hydrogen (secondary N) is 2. The topological polar surface area (TPSA) is 93.8 Å². The van der Waals surface area contributed by atoms with Gasteiger partial charge in [-0.3, -0.25) is 19.0 Å². The molecule has 0 fully saturated rings. The molecule has 0 unspecified atom stereocenters. The van der Waals surface area contributed by atoms with Crippen molar-refractivity contribution in [1.29, 1.82) is 0 Å². The molecule has 2 aromatic heterocycles. The second kappa shape index (κ2) is 11.0. The van der Waals surface area contributed by atoms with Crippen LogP contribution in [0.15, 0.2) is 0 Å². The fourth-order valence-electron chi connectivity index (χ4n) is 3.23. The summed E-state index contributed by atoms with van der Waals surface area (Å²) in [6.07, 6.45) is 0.561. The summed E-state index contributed by atoms with van der Waals surface area (Å²) in [5.41, 5.74) is 1.98. The lowest BCUT2D eigenvalue weighted by Gasteiger charge is -2.08. The van der Waals surface area contributed by atoms with Crippen LogP contribution in [0.2, 0.25) is 10.3 Å². The average Bonchev–Trinajstić information content (AvgIpc) is 3.08. The molecule has 31 heavy (non-hydrogen) atoms. The summed E-state index contributed by atoms with van der Waals surface area (Å²) in [6, 6.07) is 0. The molecular weight excluding hydrogens is 439 g/mol. The van der Waals surface area contributed by atoms with Crippen LogP contribution in [0.5, 0.6) is 0 Å². The first-order valence-corrected chi connectivity index (χ1v) is 11.3. The monoisotopic (exact) mass is 470 g/mol. The van der Waals surface area contributed by atoms with Gasteiger partial charge >= 0.3 is 0 Å². The molecule has 0 aliphatic carbocycles. The Morgan fingerprint density at radius 3 is 1.48 bits per heavy atom. The van der Waals surface area contributed by atoms with E-state index in [0.29, 0.717) is 77.3 Å². The van der Waals surface area contributed by atoms with E-state index in [1.807, 2.05) is 0 Å². The van der Waals surface area contributed by atoms with Gasteiger partial charge in [0.25, 0.3) is 11.8 Å². The second-order valence-corrected chi connectivity index (χ2v) is 9.24. The van der Waals surface area contributed by atoms with Crippen molar-refractivity contribution >= 4 is 35.0 Å². The number of carbonyl (C=O) groups is 2. The van der Waals surface area contributed by atoms with Gasteiger partial charge in [-0.05, 0) is 32.1 Å². The van der Waals surface area contributed by atoms with E-state index in [4.69, 9.17) is 23.2 Å². The molecule has 8 nitrogen and oxygen atoms in total. The zero-order valence-corrected chi connectivity index (χ0v) is 20.6. The van der Waals surface area contributed by atoms with E-state index in [0.717, 1.165) is 0 Å². The molecule has 172 valence electrons. The highest BCUT2D eigenvalue weighted by molar-refractivity contribution is 6.33. The first-order valence-electron chi connectivity index (χ1n) is 10.5. The summed E-state index contributed by atoms with van der Waals surface area (Å²) in [4.78, 5) is 25.0. The Morgan fingerprint density at radius 1 is 0.806 bits per heavy atom. The summed E-state index contributed by atoms with van der Waals surface area (Å²) < 4.78 is 3.31. The molecule has 0 saturated heterocycles. The number of hydrogen-bond donors (Lipinski definition) is 2. The van der Waals surface area contributed by atoms with Crippen LogP contribution in [-0.2, 0) is 13.1 Å². The molecule has 2 N–H and O–H groups in total. The second-order valence-electron chi connectivity index (χ2n) is 8.52. The molecule has 2 rings (SSSR count). The quantitative estimate of drug-likeness (QED) is 0.515. The lowest BCUT2D eigenvalue weighted by molar-refractivity contribution is 0.0951. The van der Waals surface area contributed by atoms with E-state index in [2.05, 4.69) is 48.5 Å². The molecule has 2 heterocycles. The standard InChI is InChI=1S/C21H32Cl2N6O2/c1-12(2)10-28-18(22)16(14(5)26-28)20(30)24-8-7-9-25-21(31)17-15(6)27-29(19(17)23)11-13(3)4/h12-13H,7-11H2,1-6H3,(H,24,30)(H,25,31). The molecule has 0 spiro atoms. The van der Waals surface area contributed by atoms with Gasteiger partial charge in [0.15, 0.2) is 0 Å². The number of carbonyl (C=O) groups excluding carboxylic acids is 2. The highest BCUT2D eigenvalue weighted by Gasteiger charge is 2.22.